The molecule has 1 fully saturated rings. The van der Waals surface area contributed by atoms with Crippen molar-refractivity contribution in [2.75, 3.05) is 24.7 Å². The van der Waals surface area contributed by atoms with Crippen molar-refractivity contribution in [2.24, 2.45) is 5.16 Å². The topological polar surface area (TPSA) is 62.7 Å². The zero-order valence-electron chi connectivity index (χ0n) is 13.0. The number of thioether (sulfide) groups is 1. The monoisotopic (exact) mass is 377 g/mol. The zero-order valence-corrected chi connectivity index (χ0v) is 14.7. The van der Waals surface area contributed by atoms with Crippen LogP contribution in [0.5, 0.6) is 0 Å². The van der Waals surface area contributed by atoms with Gasteiger partial charge in [0.05, 0.1) is 5.69 Å². The molecule has 2 heterocycles. The summed E-state index contributed by atoms with van der Waals surface area (Å²) in [5.41, 5.74) is -0.426. The van der Waals surface area contributed by atoms with Crippen LogP contribution in [-0.2, 0) is 9.63 Å². The molecule has 0 radical (unpaired) electrons. The Bertz CT molecular complexity index is 666. The maximum Gasteiger partial charge on any atom is 0.273 e. The lowest BCUT2D eigenvalue weighted by Crippen LogP contribution is -2.42. The Morgan fingerprint density at radius 3 is 2.71 bits per heavy atom. The summed E-state index contributed by atoms with van der Waals surface area (Å²) in [5.74, 6) is -1.82. The minimum absolute atomic E-state index is 0. The molecule has 2 N–H and O–H groups in total. The highest BCUT2D eigenvalue weighted by Gasteiger charge is 2.42. The third-order valence-electron chi connectivity index (χ3n) is 4.11. The van der Waals surface area contributed by atoms with Crippen LogP contribution in [0.4, 0.5) is 14.5 Å². The third-order valence-corrected chi connectivity index (χ3v) is 4.86. The summed E-state index contributed by atoms with van der Waals surface area (Å²) < 4.78 is 27.7. The number of halogens is 3. The molecule has 9 heteroatoms. The second-order valence-electron chi connectivity index (χ2n) is 5.66. The van der Waals surface area contributed by atoms with E-state index in [2.05, 4.69) is 15.8 Å². The van der Waals surface area contributed by atoms with E-state index in [1.807, 2.05) is 0 Å². The van der Waals surface area contributed by atoms with Crippen LogP contribution in [0.3, 0.4) is 0 Å². The summed E-state index contributed by atoms with van der Waals surface area (Å²) in [4.78, 5) is 17.9. The van der Waals surface area contributed by atoms with E-state index < -0.39 is 23.1 Å². The van der Waals surface area contributed by atoms with Crippen molar-refractivity contribution in [3.8, 4) is 0 Å². The number of carbonyl (C=O) groups excluding carboxylic acids is 1. The summed E-state index contributed by atoms with van der Waals surface area (Å²) in [6.07, 6.45) is 3.56. The van der Waals surface area contributed by atoms with Gasteiger partial charge < -0.3 is 15.5 Å². The van der Waals surface area contributed by atoms with Gasteiger partial charge in [-0.05, 0) is 25.4 Å². The lowest BCUT2D eigenvalue weighted by molar-refractivity contribution is -0.110. The first-order valence-corrected chi connectivity index (χ1v) is 8.56. The Kier molecular flexibility index (Phi) is 6.06. The molecule has 1 aromatic carbocycles. The molecule has 1 spiro atoms. The highest BCUT2D eigenvalue weighted by Crippen LogP contribution is 2.33. The summed E-state index contributed by atoms with van der Waals surface area (Å²) >= 11 is 1.10. The molecular formula is C15H18ClF2N3O2S. The maximum absolute atomic E-state index is 13.9. The van der Waals surface area contributed by atoms with Crippen LogP contribution in [0, 0.1) is 11.6 Å². The smallest absolute Gasteiger partial charge is 0.273 e. The van der Waals surface area contributed by atoms with Gasteiger partial charge in [-0.1, -0.05) is 5.16 Å². The molecule has 3 rings (SSSR count). The Hall–Kier alpha value is -1.38. The van der Waals surface area contributed by atoms with Crippen LogP contribution < -0.4 is 10.6 Å². The van der Waals surface area contributed by atoms with E-state index in [-0.39, 0.29) is 28.7 Å². The van der Waals surface area contributed by atoms with Crippen LogP contribution in [0.25, 0.3) is 0 Å². The van der Waals surface area contributed by atoms with Crippen LogP contribution >= 0.6 is 24.2 Å². The average Bonchev–Trinajstić information content (AvgIpc) is 2.95. The van der Waals surface area contributed by atoms with Crippen LogP contribution in [-0.4, -0.2) is 36.6 Å². The number of piperidine rings is 1. The number of rotatable bonds is 3. The Morgan fingerprint density at radius 2 is 2.04 bits per heavy atom. The third kappa shape index (κ3) is 3.81. The van der Waals surface area contributed by atoms with Crippen molar-refractivity contribution in [2.45, 2.75) is 29.8 Å². The number of amides is 1. The first-order chi connectivity index (χ1) is 11.0. The molecule has 0 unspecified atom stereocenters. The van der Waals surface area contributed by atoms with Crippen LogP contribution in [0.15, 0.2) is 22.2 Å². The number of benzene rings is 1. The van der Waals surface area contributed by atoms with Gasteiger partial charge in [0.25, 0.3) is 5.91 Å². The second-order valence-corrected chi connectivity index (χ2v) is 6.51. The average molecular weight is 378 g/mol. The minimum atomic E-state index is -0.680. The van der Waals surface area contributed by atoms with Crippen molar-refractivity contribution in [1.82, 2.24) is 5.32 Å². The fourth-order valence-electron chi connectivity index (χ4n) is 2.77. The standard InChI is InChI=1S/C15H17F2N3O2S.ClH/c1-23-13-7-9(16)11(6-10(13)17)19-14(21)12-8-15(22-20-12)2-4-18-5-3-15;/h6-7,18H,2-5,8H2,1H3,(H,19,21);1H. The van der Waals surface area contributed by atoms with Crippen LogP contribution in [0.2, 0.25) is 0 Å². The van der Waals surface area contributed by atoms with Gasteiger partial charge in [-0.15, -0.1) is 24.2 Å². The summed E-state index contributed by atoms with van der Waals surface area (Å²) in [7, 11) is 0. The first-order valence-electron chi connectivity index (χ1n) is 7.33. The van der Waals surface area contributed by atoms with Gasteiger partial charge in [0, 0.05) is 30.2 Å². The van der Waals surface area contributed by atoms with Gasteiger partial charge in [0.2, 0.25) is 0 Å². The van der Waals surface area contributed by atoms with Crippen molar-refractivity contribution in [3.63, 3.8) is 0 Å². The number of nitrogens with zero attached hydrogens (tertiary/aromatic N) is 1. The second kappa shape index (κ2) is 7.67. The Balaban J connectivity index is 0.00000208. The number of carbonyl (C=O) groups is 1. The Morgan fingerprint density at radius 1 is 1.33 bits per heavy atom. The van der Waals surface area contributed by atoms with Gasteiger partial charge in [0.1, 0.15) is 22.9 Å². The molecule has 5 nitrogen and oxygen atoms in total. The molecule has 0 aliphatic carbocycles. The number of hydrogen-bond acceptors (Lipinski definition) is 5. The lowest BCUT2D eigenvalue weighted by Gasteiger charge is -2.30. The highest BCUT2D eigenvalue weighted by molar-refractivity contribution is 7.98. The fourth-order valence-corrected chi connectivity index (χ4v) is 3.24. The fraction of sp³-hybridized carbons (Fsp3) is 0.467. The molecule has 24 heavy (non-hydrogen) atoms. The minimum Gasteiger partial charge on any atom is -0.388 e. The van der Waals surface area contributed by atoms with Crippen molar-refractivity contribution >= 4 is 41.5 Å². The predicted octanol–water partition coefficient (Wildman–Crippen LogP) is 2.95. The maximum atomic E-state index is 13.9. The van der Waals surface area contributed by atoms with Crippen molar-refractivity contribution in [3.05, 3.63) is 23.8 Å². The number of hydrogen-bond donors (Lipinski definition) is 2. The molecule has 2 aliphatic heterocycles. The van der Waals surface area contributed by atoms with Crippen molar-refractivity contribution in [1.29, 1.82) is 0 Å². The van der Waals surface area contributed by atoms with Gasteiger partial charge >= 0.3 is 0 Å². The number of oxime groups is 1. The van der Waals surface area contributed by atoms with Crippen LogP contribution in [0.1, 0.15) is 19.3 Å². The Labute approximate surface area is 149 Å². The zero-order chi connectivity index (χ0) is 16.4. The predicted molar refractivity (Wildman–Crippen MR) is 92.0 cm³/mol. The molecule has 0 aromatic heterocycles. The molecule has 1 saturated heterocycles. The summed E-state index contributed by atoms with van der Waals surface area (Å²) in [6.45, 7) is 1.61. The highest BCUT2D eigenvalue weighted by atomic mass is 35.5. The van der Waals surface area contributed by atoms with Gasteiger partial charge in [-0.25, -0.2) is 8.78 Å². The van der Waals surface area contributed by atoms with Gasteiger partial charge in [0.15, 0.2) is 0 Å². The van der Waals surface area contributed by atoms with E-state index in [1.165, 1.54) is 0 Å². The SMILES string of the molecule is CSc1cc(F)c(NC(=O)C2=NOC3(CCNCC3)C2)cc1F.Cl. The van der Waals surface area contributed by atoms with Gasteiger partial charge in [-0.3, -0.25) is 4.79 Å². The molecule has 132 valence electrons. The van der Waals surface area contributed by atoms with E-state index in [9.17, 15) is 13.6 Å². The van der Waals surface area contributed by atoms with Gasteiger partial charge in [-0.2, -0.15) is 0 Å². The normalized spacial score (nSPS) is 18.5. The van der Waals surface area contributed by atoms with E-state index in [0.717, 1.165) is 49.8 Å². The van der Waals surface area contributed by atoms with E-state index in [0.29, 0.717) is 6.42 Å². The van der Waals surface area contributed by atoms with E-state index in [4.69, 9.17) is 4.84 Å². The summed E-state index contributed by atoms with van der Waals surface area (Å²) in [6, 6.07) is 2.05. The molecule has 1 aromatic rings. The summed E-state index contributed by atoms with van der Waals surface area (Å²) in [5, 5.41) is 9.45. The molecule has 2 aliphatic rings. The molecular weight excluding hydrogens is 360 g/mol. The number of nitrogens with one attached hydrogen (secondary N) is 2. The van der Waals surface area contributed by atoms with Crippen molar-refractivity contribution < 1.29 is 18.4 Å². The molecule has 1 amide bonds. The largest absolute Gasteiger partial charge is 0.388 e. The molecule has 0 atom stereocenters. The van der Waals surface area contributed by atoms with E-state index >= 15 is 0 Å². The lowest BCUT2D eigenvalue weighted by atomic mass is 9.87. The number of anilines is 1. The first kappa shape index (κ1) is 19.0. The molecule has 0 saturated carbocycles. The quantitative estimate of drug-likeness (QED) is 0.795. The van der Waals surface area contributed by atoms with E-state index in [1.54, 1.807) is 6.26 Å². The molecule has 0 bridgehead atoms.